The van der Waals surface area contributed by atoms with Gasteiger partial charge in [-0.15, -0.1) is 0 Å². The van der Waals surface area contributed by atoms with E-state index in [2.05, 4.69) is 0 Å². The van der Waals surface area contributed by atoms with E-state index in [9.17, 15) is 13.9 Å². The first-order chi connectivity index (χ1) is 8.30. The molecular formula is C15H22F2O. The minimum Gasteiger partial charge on any atom is -0.396 e. The van der Waals surface area contributed by atoms with Crippen molar-refractivity contribution in [1.29, 1.82) is 0 Å². The van der Waals surface area contributed by atoms with Gasteiger partial charge in [0.15, 0.2) is 0 Å². The van der Waals surface area contributed by atoms with E-state index >= 15 is 0 Å². The van der Waals surface area contributed by atoms with Crippen LogP contribution in [0.5, 0.6) is 0 Å². The quantitative estimate of drug-likeness (QED) is 0.838. The predicted octanol–water partition coefficient (Wildman–Crippen LogP) is 4.17. The molecule has 1 N–H and O–H groups in total. The largest absolute Gasteiger partial charge is 0.396 e. The number of alkyl halides is 2. The fourth-order valence-corrected chi connectivity index (χ4v) is 1.99. The van der Waals surface area contributed by atoms with Gasteiger partial charge in [0.25, 0.3) is 5.92 Å². The zero-order valence-electron chi connectivity index (χ0n) is 11.5. The maximum absolute atomic E-state index is 13.8. The minimum atomic E-state index is -2.80. The SMILES string of the molecule is CC(C)C(CO)c1ccc(C(F)(F)C(C)C)cc1. The number of halogens is 2. The van der Waals surface area contributed by atoms with Crippen LogP contribution in [0.2, 0.25) is 0 Å². The standard InChI is InChI=1S/C15H22F2O/c1-10(2)14(9-18)12-5-7-13(8-6-12)15(16,17)11(3)4/h5-8,10-11,14,18H,9H2,1-4H3. The fraction of sp³-hybridized carbons (Fsp3) is 0.600. The van der Waals surface area contributed by atoms with Crippen LogP contribution in [-0.4, -0.2) is 11.7 Å². The van der Waals surface area contributed by atoms with E-state index in [4.69, 9.17) is 0 Å². The van der Waals surface area contributed by atoms with E-state index in [-0.39, 0.29) is 24.0 Å². The molecule has 1 aromatic carbocycles. The second kappa shape index (κ2) is 5.79. The third-order valence-electron chi connectivity index (χ3n) is 3.45. The van der Waals surface area contributed by atoms with Crippen LogP contribution in [-0.2, 0) is 5.92 Å². The Hall–Kier alpha value is -0.960. The lowest BCUT2D eigenvalue weighted by Crippen LogP contribution is -2.21. The second-order valence-electron chi connectivity index (χ2n) is 5.43. The lowest BCUT2D eigenvalue weighted by Gasteiger charge is -2.23. The van der Waals surface area contributed by atoms with Crippen LogP contribution in [0.3, 0.4) is 0 Å². The highest BCUT2D eigenvalue weighted by molar-refractivity contribution is 5.28. The van der Waals surface area contributed by atoms with Crippen molar-refractivity contribution in [2.75, 3.05) is 6.61 Å². The summed E-state index contributed by atoms with van der Waals surface area (Å²) in [7, 11) is 0. The van der Waals surface area contributed by atoms with E-state index in [0.29, 0.717) is 0 Å². The maximum atomic E-state index is 13.8. The highest BCUT2D eigenvalue weighted by Crippen LogP contribution is 2.36. The number of rotatable bonds is 5. The molecule has 18 heavy (non-hydrogen) atoms. The summed E-state index contributed by atoms with van der Waals surface area (Å²) in [4.78, 5) is 0. The van der Waals surface area contributed by atoms with Gasteiger partial charge in [-0.05, 0) is 11.5 Å². The molecule has 1 atom stereocenters. The number of benzene rings is 1. The summed E-state index contributed by atoms with van der Waals surface area (Å²) in [5.74, 6) is -3.23. The van der Waals surface area contributed by atoms with Crippen molar-refractivity contribution in [3.8, 4) is 0 Å². The van der Waals surface area contributed by atoms with E-state index in [1.165, 1.54) is 26.0 Å². The first-order valence-electron chi connectivity index (χ1n) is 6.39. The van der Waals surface area contributed by atoms with Crippen LogP contribution in [0.15, 0.2) is 24.3 Å². The third-order valence-corrected chi connectivity index (χ3v) is 3.45. The molecule has 3 heteroatoms. The van der Waals surface area contributed by atoms with Crippen LogP contribution < -0.4 is 0 Å². The molecule has 0 bridgehead atoms. The Balaban J connectivity index is 2.99. The lowest BCUT2D eigenvalue weighted by molar-refractivity contribution is -0.0514. The van der Waals surface area contributed by atoms with Crippen LogP contribution in [0.4, 0.5) is 8.78 Å². The number of hydrogen-bond acceptors (Lipinski definition) is 1. The van der Waals surface area contributed by atoms with Crippen molar-refractivity contribution in [3.05, 3.63) is 35.4 Å². The summed E-state index contributed by atoms with van der Waals surface area (Å²) in [5, 5.41) is 9.32. The number of aliphatic hydroxyl groups is 1. The van der Waals surface area contributed by atoms with Gasteiger partial charge in [0.1, 0.15) is 0 Å². The molecule has 0 heterocycles. The monoisotopic (exact) mass is 256 g/mol. The van der Waals surface area contributed by atoms with Crippen molar-refractivity contribution in [2.24, 2.45) is 11.8 Å². The molecule has 0 aromatic heterocycles. The van der Waals surface area contributed by atoms with Gasteiger partial charge < -0.3 is 5.11 Å². The van der Waals surface area contributed by atoms with Crippen LogP contribution >= 0.6 is 0 Å². The Kier molecular flexibility index (Phi) is 4.85. The zero-order chi connectivity index (χ0) is 13.9. The topological polar surface area (TPSA) is 20.2 Å². The van der Waals surface area contributed by atoms with E-state index in [0.717, 1.165) is 5.56 Å². The second-order valence-corrected chi connectivity index (χ2v) is 5.43. The Labute approximate surface area is 108 Å². The van der Waals surface area contributed by atoms with E-state index in [1.54, 1.807) is 12.1 Å². The average Bonchev–Trinajstić information content (AvgIpc) is 2.30. The molecule has 0 spiro atoms. The summed E-state index contributed by atoms with van der Waals surface area (Å²) in [5.41, 5.74) is 0.956. The Morgan fingerprint density at radius 3 is 1.89 bits per heavy atom. The van der Waals surface area contributed by atoms with Crippen LogP contribution in [0, 0.1) is 11.8 Å². The van der Waals surface area contributed by atoms with Gasteiger partial charge in [-0.1, -0.05) is 52.0 Å². The van der Waals surface area contributed by atoms with Crippen molar-refractivity contribution < 1.29 is 13.9 Å². The average molecular weight is 256 g/mol. The molecule has 0 saturated heterocycles. The maximum Gasteiger partial charge on any atom is 0.275 e. The van der Waals surface area contributed by atoms with Crippen molar-refractivity contribution >= 4 is 0 Å². The van der Waals surface area contributed by atoms with Gasteiger partial charge in [-0.2, -0.15) is 0 Å². The molecule has 0 aliphatic rings. The molecule has 1 rings (SSSR count). The van der Waals surface area contributed by atoms with Crippen molar-refractivity contribution in [1.82, 2.24) is 0 Å². The van der Waals surface area contributed by atoms with Gasteiger partial charge in [-0.25, -0.2) is 8.78 Å². The molecule has 0 fully saturated rings. The van der Waals surface area contributed by atoms with Crippen molar-refractivity contribution in [2.45, 2.75) is 39.5 Å². The predicted molar refractivity (Wildman–Crippen MR) is 69.8 cm³/mol. The smallest absolute Gasteiger partial charge is 0.275 e. The summed E-state index contributed by atoms with van der Waals surface area (Å²) >= 11 is 0. The number of hydrogen-bond donors (Lipinski definition) is 1. The molecule has 0 radical (unpaired) electrons. The third kappa shape index (κ3) is 3.08. The fourth-order valence-electron chi connectivity index (χ4n) is 1.99. The lowest BCUT2D eigenvalue weighted by atomic mass is 9.87. The summed E-state index contributed by atoms with van der Waals surface area (Å²) in [6, 6.07) is 6.35. The van der Waals surface area contributed by atoms with Crippen LogP contribution in [0.25, 0.3) is 0 Å². The zero-order valence-corrected chi connectivity index (χ0v) is 11.5. The van der Waals surface area contributed by atoms with Gasteiger partial charge >= 0.3 is 0 Å². The van der Waals surface area contributed by atoms with E-state index in [1.807, 2.05) is 13.8 Å². The minimum absolute atomic E-state index is 0.00622. The van der Waals surface area contributed by atoms with Crippen LogP contribution in [0.1, 0.15) is 44.7 Å². The Morgan fingerprint density at radius 1 is 1.06 bits per heavy atom. The number of aliphatic hydroxyl groups excluding tert-OH is 1. The highest BCUT2D eigenvalue weighted by atomic mass is 19.3. The van der Waals surface area contributed by atoms with E-state index < -0.39 is 11.8 Å². The molecule has 0 amide bonds. The molecule has 1 aromatic rings. The van der Waals surface area contributed by atoms with Gasteiger partial charge in [0.2, 0.25) is 0 Å². The summed E-state index contributed by atoms with van der Waals surface area (Å²) < 4.78 is 27.6. The molecule has 102 valence electrons. The first-order valence-corrected chi connectivity index (χ1v) is 6.39. The molecule has 1 nitrogen and oxygen atoms in total. The molecule has 0 aliphatic carbocycles. The highest BCUT2D eigenvalue weighted by Gasteiger charge is 2.35. The van der Waals surface area contributed by atoms with Gasteiger partial charge in [0.05, 0.1) is 6.61 Å². The normalized spacial score (nSPS) is 14.3. The Morgan fingerprint density at radius 2 is 1.56 bits per heavy atom. The summed E-state index contributed by atoms with van der Waals surface area (Å²) in [6.45, 7) is 7.09. The van der Waals surface area contributed by atoms with Gasteiger partial charge in [0, 0.05) is 17.4 Å². The van der Waals surface area contributed by atoms with Gasteiger partial charge in [-0.3, -0.25) is 0 Å². The molecular weight excluding hydrogens is 234 g/mol. The Bertz CT molecular complexity index is 369. The first kappa shape index (κ1) is 15.1. The summed E-state index contributed by atoms with van der Waals surface area (Å²) in [6.07, 6.45) is 0. The van der Waals surface area contributed by atoms with Crippen molar-refractivity contribution in [3.63, 3.8) is 0 Å². The molecule has 0 aliphatic heterocycles. The molecule has 1 unspecified atom stereocenters. The molecule has 0 saturated carbocycles.